The van der Waals surface area contributed by atoms with E-state index in [0.717, 1.165) is 0 Å². The minimum atomic E-state index is -3.18. The van der Waals surface area contributed by atoms with E-state index in [0.29, 0.717) is 18.2 Å². The van der Waals surface area contributed by atoms with E-state index in [-0.39, 0.29) is 30.3 Å². The van der Waals surface area contributed by atoms with Gasteiger partial charge in [-0.15, -0.1) is 0 Å². The topological polar surface area (TPSA) is 755 Å². The van der Waals surface area contributed by atoms with Crippen LogP contribution in [0.5, 0.6) is 138 Å². The van der Waals surface area contributed by atoms with Gasteiger partial charge < -0.3 is 180 Å². The van der Waals surface area contributed by atoms with Crippen molar-refractivity contribution in [3.63, 3.8) is 0 Å². The first-order chi connectivity index (χ1) is 52.7. The number of benzene rings is 8. The lowest BCUT2D eigenvalue weighted by atomic mass is 9.84. The SMILES string of the molecule is O=C(OC1OC(CO)C(O)C2OC(=O)c3cc(O)c(O)c(O)c3-c3c(O)c(O)c(O)c(-c4c(C(=O)OC5OC6COC(=O)c7cc(O)c(O)c(O)c7-c7c(cc(O)c(O)c7O)C(=O)OC6C6OC(=O)c7cc(O)c(O)c(O)c7-c7c(cc(O)c(O)c7O)C(=O)OC56)cc(O)c(O)c4O)c3C(=O)OC12)c1cc(O)c(O)c(O)c1. The third-order valence-electron chi connectivity index (χ3n) is 18.2. The average Bonchev–Trinajstić information content (AvgIpc) is 0.752. The molecule has 8 aromatic rings. The lowest BCUT2D eigenvalue weighted by Gasteiger charge is -2.44. The van der Waals surface area contributed by atoms with Crippen molar-refractivity contribution >= 4 is 47.8 Å². The zero-order valence-corrected chi connectivity index (χ0v) is 54.8. The van der Waals surface area contributed by atoms with E-state index >= 15 is 24.0 Å². The molecule has 112 heavy (non-hydrogen) atoms. The smallest absolute Gasteiger partial charge is 0.341 e. The van der Waals surface area contributed by atoms with Crippen LogP contribution in [-0.2, 0) is 47.4 Å². The average molecular weight is 1570 g/mol. The first kappa shape index (κ1) is 74.8. The molecule has 10 unspecified atom stereocenters. The molecule has 44 nitrogen and oxygen atoms in total. The molecule has 13 rings (SSSR count). The van der Waals surface area contributed by atoms with Gasteiger partial charge in [-0.2, -0.15) is 0 Å². The summed E-state index contributed by atoms with van der Waals surface area (Å²) in [6.07, 6.45) is -27.5. The van der Waals surface area contributed by atoms with E-state index in [1.165, 1.54) is 0 Å². The number of esters is 8. The second kappa shape index (κ2) is 26.8. The van der Waals surface area contributed by atoms with Crippen LogP contribution >= 0.6 is 0 Å². The van der Waals surface area contributed by atoms with Gasteiger partial charge in [0.1, 0.15) is 24.9 Å². The van der Waals surface area contributed by atoms with Crippen molar-refractivity contribution < 1.29 is 218 Å². The van der Waals surface area contributed by atoms with Crippen molar-refractivity contribution in [2.45, 2.75) is 61.4 Å². The highest BCUT2D eigenvalue weighted by Crippen LogP contribution is 2.61. The van der Waals surface area contributed by atoms with Gasteiger partial charge in [0, 0.05) is 44.5 Å². The van der Waals surface area contributed by atoms with Gasteiger partial charge in [-0.05, 0) is 48.5 Å². The second-order valence-corrected chi connectivity index (χ2v) is 24.6. The Morgan fingerprint density at radius 3 is 1.05 bits per heavy atom. The number of rotatable bonds is 6. The summed E-state index contributed by atoms with van der Waals surface area (Å²) in [5, 5.41) is 290. The minimum absolute atomic E-state index is 0.0180. The van der Waals surface area contributed by atoms with Gasteiger partial charge >= 0.3 is 47.8 Å². The number of ether oxygens (including phenoxy) is 10. The summed E-state index contributed by atoms with van der Waals surface area (Å²) >= 11 is 0. The molecule has 2 fully saturated rings. The van der Waals surface area contributed by atoms with Crippen LogP contribution < -0.4 is 0 Å². The van der Waals surface area contributed by atoms with Crippen LogP contribution in [-0.4, -0.2) is 255 Å². The number of hydrogen-bond acceptors (Lipinski definition) is 44. The zero-order valence-electron chi connectivity index (χ0n) is 54.8. The highest BCUT2D eigenvalue weighted by molar-refractivity contribution is 6.16. The summed E-state index contributed by atoms with van der Waals surface area (Å²) < 4.78 is 56.6. The van der Waals surface area contributed by atoms with Gasteiger partial charge in [0.2, 0.25) is 65.0 Å². The number of aliphatic hydroxyl groups is 2. The van der Waals surface area contributed by atoms with Crippen LogP contribution in [0, 0.1) is 0 Å². The Balaban J connectivity index is 1.03. The predicted molar refractivity (Wildman–Crippen MR) is 345 cm³/mol. The Morgan fingerprint density at radius 1 is 0.312 bits per heavy atom. The van der Waals surface area contributed by atoms with E-state index in [1.54, 1.807) is 0 Å². The molecule has 5 heterocycles. The fourth-order valence-corrected chi connectivity index (χ4v) is 12.9. The molecule has 0 saturated carbocycles. The van der Waals surface area contributed by atoms with Gasteiger partial charge in [-0.25, -0.2) is 38.4 Å². The van der Waals surface area contributed by atoms with Crippen LogP contribution in [0.3, 0.4) is 0 Å². The van der Waals surface area contributed by atoms with Crippen LogP contribution in [0.4, 0.5) is 0 Å². The van der Waals surface area contributed by atoms with Crippen LogP contribution in [0.25, 0.3) is 44.5 Å². The number of cyclic esters (lactones) is 1. The number of carbonyl (C=O) groups excluding carboxylic acids is 8. The standard InChI is InChI=1S/C68H48O44/c69-9-26-44(85)55-57(67(104-26)111-59(95)11-1-18(70)37(78)19(71)2-11)110-66(102)36-34(32-16(62(98)107-55)7-24(76)42(83)49(32)90)51(92)53(94)52(93)35(36)33-17(8-25(77)43(84)50(33)91)65(101)112-68-58-56(108-63(99)14-5-22(74)40(81)47(88)30(14)31-15(64(100)109-58)6-23(75)41(82)48(31)89)54-27(105-68)10-103-60(96)12-3-20(72)38(79)45(86)28(12)29-13(61(97)106-54)4-21(73)39(80)46(29)87/h1-8,26-27,44,54-58,67-94H,9-10H2. The number of aromatic hydroxyl groups is 24. The van der Waals surface area contributed by atoms with Gasteiger partial charge in [0.05, 0.1) is 51.1 Å². The molecule has 8 aromatic carbocycles. The van der Waals surface area contributed by atoms with Crippen LogP contribution in [0.15, 0.2) is 48.5 Å². The molecule has 0 radical (unpaired) electrons. The van der Waals surface area contributed by atoms with Crippen molar-refractivity contribution in [1.29, 1.82) is 0 Å². The van der Waals surface area contributed by atoms with Gasteiger partial charge in [0.25, 0.3) is 0 Å². The summed E-state index contributed by atoms with van der Waals surface area (Å²) in [4.78, 5) is 120. The molecule has 5 aliphatic heterocycles. The van der Waals surface area contributed by atoms with E-state index in [9.17, 15) is 147 Å². The van der Waals surface area contributed by atoms with E-state index < -0.39 is 349 Å². The van der Waals surface area contributed by atoms with Crippen molar-refractivity contribution in [3.8, 4) is 182 Å². The third kappa shape index (κ3) is 11.6. The molecule has 44 heteroatoms. The molecule has 0 spiro atoms. The quantitative estimate of drug-likeness (QED) is 0.0634. The molecule has 5 aliphatic rings. The van der Waals surface area contributed by atoms with E-state index in [2.05, 4.69) is 0 Å². The molecule has 10 atom stereocenters. The normalized spacial score (nSPS) is 21.3. The summed E-state index contributed by atoms with van der Waals surface area (Å²) in [6, 6.07) is 2.22. The molecular weight excluding hydrogens is 1520 g/mol. The molecular formula is C68H48O44. The van der Waals surface area contributed by atoms with Crippen molar-refractivity contribution in [2.75, 3.05) is 13.2 Å². The van der Waals surface area contributed by atoms with Crippen LogP contribution in [0.1, 0.15) is 82.9 Å². The molecule has 0 amide bonds. The lowest BCUT2D eigenvalue weighted by molar-refractivity contribution is -0.283. The number of aliphatic hydroxyl groups excluding tert-OH is 2. The second-order valence-electron chi connectivity index (χ2n) is 24.6. The maximum Gasteiger partial charge on any atom is 0.341 e. The Morgan fingerprint density at radius 2 is 0.625 bits per heavy atom. The monoisotopic (exact) mass is 1570 g/mol. The molecule has 2 saturated heterocycles. The Bertz CT molecular complexity index is 5520. The molecule has 0 aromatic heterocycles. The largest absolute Gasteiger partial charge is 0.504 e. The Labute approximate surface area is 614 Å². The number of phenolic OH excluding ortho intramolecular Hbond substituents is 24. The van der Waals surface area contributed by atoms with Crippen LogP contribution in [0.2, 0.25) is 0 Å². The minimum Gasteiger partial charge on any atom is -0.504 e. The molecule has 26 N–H and O–H groups in total. The summed E-state index contributed by atoms with van der Waals surface area (Å²) in [5.74, 6) is -55.4. The first-order valence-corrected chi connectivity index (χ1v) is 31.2. The lowest BCUT2D eigenvalue weighted by Crippen LogP contribution is -2.63. The van der Waals surface area contributed by atoms with Crippen molar-refractivity contribution in [3.05, 3.63) is 93.0 Å². The maximum absolute atomic E-state index is 15.8. The molecule has 584 valence electrons. The number of fused-ring (bicyclic) bond motifs is 13. The zero-order chi connectivity index (χ0) is 81.6. The van der Waals surface area contributed by atoms with Gasteiger partial charge in [0.15, 0.2) is 116 Å². The fourth-order valence-electron chi connectivity index (χ4n) is 12.9. The number of phenols is 24. The Hall–Kier alpha value is -15.4. The number of hydrogen-bond donors (Lipinski definition) is 26. The molecule has 0 bridgehead atoms. The van der Waals surface area contributed by atoms with E-state index in [1.807, 2.05) is 0 Å². The summed E-state index contributed by atoms with van der Waals surface area (Å²) in [6.45, 7) is -2.96. The van der Waals surface area contributed by atoms with E-state index in [4.69, 9.17) is 47.4 Å². The summed E-state index contributed by atoms with van der Waals surface area (Å²) in [5.41, 5.74) is -23.1. The van der Waals surface area contributed by atoms with Crippen molar-refractivity contribution in [2.24, 2.45) is 0 Å². The first-order valence-electron chi connectivity index (χ1n) is 31.2. The maximum atomic E-state index is 15.8. The fraction of sp³-hybridized carbons (Fsp3) is 0.176. The Kier molecular flexibility index (Phi) is 17.9. The van der Waals surface area contributed by atoms with Gasteiger partial charge in [-0.3, -0.25) is 0 Å². The van der Waals surface area contributed by atoms with Gasteiger partial charge in [-0.1, -0.05) is 0 Å². The third-order valence-corrected chi connectivity index (χ3v) is 18.2. The summed E-state index contributed by atoms with van der Waals surface area (Å²) in [7, 11) is 0. The predicted octanol–water partition coefficient (Wildman–Crippen LogP) is 1.33. The highest BCUT2D eigenvalue weighted by Gasteiger charge is 2.58. The van der Waals surface area contributed by atoms with Crippen molar-refractivity contribution in [1.82, 2.24) is 0 Å². The number of carbonyl (C=O) groups is 8. The highest BCUT2D eigenvalue weighted by atomic mass is 16.8. The molecule has 0 aliphatic carbocycles.